The fraction of sp³-hybridized carbons (Fsp3) is 0.300. The molecule has 0 aliphatic rings. The molecule has 0 aliphatic carbocycles. The van der Waals surface area contributed by atoms with Crippen molar-refractivity contribution in [2.45, 2.75) is 6.92 Å². The third-order valence-electron chi connectivity index (χ3n) is 4.40. The van der Waals surface area contributed by atoms with Crippen LogP contribution in [0.2, 0.25) is 0 Å². The SMILES string of the molecule is COCCN(C(=O)CN(c1ccccc1C)S(C)(=O)=O)c1nc2ccccc2s1. The summed E-state index contributed by atoms with van der Waals surface area (Å²) < 4.78 is 32.1. The molecule has 1 amide bonds. The minimum absolute atomic E-state index is 0.278. The van der Waals surface area contributed by atoms with Gasteiger partial charge in [-0.05, 0) is 30.7 Å². The first-order valence-corrected chi connectivity index (χ1v) is 11.7. The topological polar surface area (TPSA) is 79.8 Å². The Morgan fingerprint density at radius 2 is 1.83 bits per heavy atom. The van der Waals surface area contributed by atoms with E-state index in [4.69, 9.17) is 4.74 Å². The summed E-state index contributed by atoms with van der Waals surface area (Å²) in [7, 11) is -2.11. The summed E-state index contributed by atoms with van der Waals surface area (Å²) in [6, 6.07) is 14.7. The van der Waals surface area contributed by atoms with Crippen LogP contribution in [0.3, 0.4) is 0 Å². The van der Waals surface area contributed by atoms with E-state index in [-0.39, 0.29) is 19.0 Å². The van der Waals surface area contributed by atoms with Crippen molar-refractivity contribution in [3.8, 4) is 0 Å². The standard InChI is InChI=1S/C20H23N3O4S2/c1-15-8-4-6-10-17(15)23(29(3,25)26)14-19(24)22(12-13-27-2)20-21-16-9-5-7-11-18(16)28-20/h4-11H,12-14H2,1-3H3. The number of carbonyl (C=O) groups excluding carboxylic acids is 1. The summed E-state index contributed by atoms with van der Waals surface area (Å²) in [6.07, 6.45) is 1.10. The first-order chi connectivity index (χ1) is 13.8. The number of carbonyl (C=O) groups is 1. The van der Waals surface area contributed by atoms with Crippen LogP contribution in [-0.2, 0) is 19.6 Å². The Morgan fingerprint density at radius 1 is 1.14 bits per heavy atom. The van der Waals surface area contributed by atoms with E-state index in [1.165, 1.54) is 16.2 Å². The van der Waals surface area contributed by atoms with Crippen molar-refractivity contribution in [1.29, 1.82) is 0 Å². The first-order valence-electron chi connectivity index (χ1n) is 8.99. The van der Waals surface area contributed by atoms with Crippen LogP contribution in [0.4, 0.5) is 10.8 Å². The third kappa shape index (κ3) is 4.92. The number of rotatable bonds is 8. The number of amides is 1. The molecule has 7 nitrogen and oxygen atoms in total. The summed E-state index contributed by atoms with van der Waals surface area (Å²) in [5.74, 6) is -0.366. The first kappa shape index (κ1) is 21.2. The Morgan fingerprint density at radius 3 is 2.48 bits per heavy atom. The maximum atomic E-state index is 13.2. The number of ether oxygens (including phenoxy) is 1. The van der Waals surface area contributed by atoms with Crippen LogP contribution in [0, 0.1) is 6.92 Å². The number of anilines is 2. The molecule has 0 atom stereocenters. The van der Waals surface area contributed by atoms with Gasteiger partial charge in [-0.2, -0.15) is 0 Å². The second-order valence-corrected chi connectivity index (χ2v) is 9.47. The van der Waals surface area contributed by atoms with E-state index in [0.717, 1.165) is 26.3 Å². The molecule has 154 valence electrons. The number of benzene rings is 2. The molecule has 0 saturated carbocycles. The maximum absolute atomic E-state index is 13.2. The summed E-state index contributed by atoms with van der Waals surface area (Å²) in [5.41, 5.74) is 2.05. The van der Waals surface area contributed by atoms with Gasteiger partial charge in [0.25, 0.3) is 0 Å². The quantitative estimate of drug-likeness (QED) is 0.546. The minimum Gasteiger partial charge on any atom is -0.383 e. The number of aryl methyl sites for hydroxylation is 1. The average Bonchev–Trinajstić information content (AvgIpc) is 3.10. The van der Waals surface area contributed by atoms with E-state index in [1.807, 2.05) is 43.3 Å². The van der Waals surface area contributed by atoms with Crippen LogP contribution in [0.5, 0.6) is 0 Å². The highest BCUT2D eigenvalue weighted by Crippen LogP contribution is 2.29. The lowest BCUT2D eigenvalue weighted by atomic mass is 10.2. The molecular weight excluding hydrogens is 410 g/mol. The highest BCUT2D eigenvalue weighted by molar-refractivity contribution is 7.92. The van der Waals surface area contributed by atoms with Crippen molar-refractivity contribution in [3.05, 3.63) is 54.1 Å². The Hall–Kier alpha value is -2.49. The molecule has 0 bridgehead atoms. The number of methoxy groups -OCH3 is 1. The van der Waals surface area contributed by atoms with Crippen molar-refractivity contribution < 1.29 is 17.9 Å². The monoisotopic (exact) mass is 433 g/mol. The maximum Gasteiger partial charge on any atom is 0.249 e. The lowest BCUT2D eigenvalue weighted by Gasteiger charge is -2.27. The van der Waals surface area contributed by atoms with Gasteiger partial charge in [0.05, 0.1) is 35.3 Å². The summed E-state index contributed by atoms with van der Waals surface area (Å²) >= 11 is 1.39. The molecule has 0 aliphatic heterocycles. The Kier molecular flexibility index (Phi) is 6.51. The smallest absolute Gasteiger partial charge is 0.249 e. The number of hydrogen-bond acceptors (Lipinski definition) is 6. The van der Waals surface area contributed by atoms with Gasteiger partial charge in [-0.15, -0.1) is 0 Å². The number of aromatic nitrogens is 1. The van der Waals surface area contributed by atoms with Crippen LogP contribution in [0.1, 0.15) is 5.56 Å². The number of thiazole rings is 1. The van der Waals surface area contributed by atoms with Crippen LogP contribution in [-0.4, -0.2) is 52.4 Å². The molecule has 1 aromatic heterocycles. The minimum atomic E-state index is -3.66. The van der Waals surface area contributed by atoms with Crippen molar-refractivity contribution in [2.75, 3.05) is 42.3 Å². The van der Waals surface area contributed by atoms with E-state index in [0.29, 0.717) is 17.4 Å². The molecule has 29 heavy (non-hydrogen) atoms. The van der Waals surface area contributed by atoms with E-state index >= 15 is 0 Å². The Bertz CT molecular complexity index is 1080. The van der Waals surface area contributed by atoms with Crippen LogP contribution >= 0.6 is 11.3 Å². The summed E-state index contributed by atoms with van der Waals surface area (Å²) in [4.78, 5) is 19.2. The molecule has 0 unspecified atom stereocenters. The van der Waals surface area contributed by atoms with Gasteiger partial charge in [0.2, 0.25) is 15.9 Å². The van der Waals surface area contributed by atoms with Gasteiger partial charge >= 0.3 is 0 Å². The van der Waals surface area contributed by atoms with Crippen molar-refractivity contribution >= 4 is 48.3 Å². The largest absolute Gasteiger partial charge is 0.383 e. The molecule has 2 aromatic carbocycles. The number of fused-ring (bicyclic) bond motifs is 1. The third-order valence-corrected chi connectivity index (χ3v) is 6.58. The van der Waals surface area contributed by atoms with Gasteiger partial charge in [-0.3, -0.25) is 14.0 Å². The van der Waals surface area contributed by atoms with Gasteiger partial charge in [0, 0.05) is 7.11 Å². The van der Waals surface area contributed by atoms with Crippen molar-refractivity contribution in [3.63, 3.8) is 0 Å². The average molecular weight is 434 g/mol. The zero-order valence-corrected chi connectivity index (χ0v) is 18.2. The number of nitrogens with zero attached hydrogens (tertiary/aromatic N) is 3. The summed E-state index contributed by atoms with van der Waals surface area (Å²) in [6.45, 7) is 2.09. The predicted octanol–water partition coefficient (Wildman–Crippen LogP) is 3.05. The molecular formula is C20H23N3O4S2. The highest BCUT2D eigenvalue weighted by atomic mass is 32.2. The Labute approximate surface area is 174 Å². The van der Waals surface area contributed by atoms with Crippen molar-refractivity contribution in [1.82, 2.24) is 4.98 Å². The van der Waals surface area contributed by atoms with Crippen LogP contribution in [0.25, 0.3) is 10.2 Å². The molecule has 9 heteroatoms. The second kappa shape index (κ2) is 8.89. The zero-order chi connectivity index (χ0) is 21.0. The number of hydrogen-bond donors (Lipinski definition) is 0. The Balaban J connectivity index is 1.95. The molecule has 0 fully saturated rings. The molecule has 0 saturated heterocycles. The molecule has 3 aromatic rings. The van der Waals surface area contributed by atoms with Gasteiger partial charge in [-0.1, -0.05) is 41.7 Å². The fourth-order valence-electron chi connectivity index (χ4n) is 2.92. The molecule has 1 heterocycles. The normalized spacial score (nSPS) is 11.6. The molecule has 0 radical (unpaired) electrons. The molecule has 3 rings (SSSR count). The lowest BCUT2D eigenvalue weighted by Crippen LogP contribution is -2.44. The van der Waals surface area contributed by atoms with E-state index < -0.39 is 10.0 Å². The van der Waals surface area contributed by atoms with Gasteiger partial charge in [0.1, 0.15) is 6.54 Å². The molecule has 0 spiro atoms. The lowest BCUT2D eigenvalue weighted by molar-refractivity contribution is -0.117. The van der Waals surface area contributed by atoms with E-state index in [2.05, 4.69) is 4.98 Å². The van der Waals surface area contributed by atoms with Gasteiger partial charge in [0.15, 0.2) is 5.13 Å². The fourth-order valence-corrected chi connectivity index (χ4v) is 4.83. The molecule has 0 N–H and O–H groups in total. The van der Waals surface area contributed by atoms with Gasteiger partial charge in [-0.25, -0.2) is 13.4 Å². The zero-order valence-electron chi connectivity index (χ0n) is 16.5. The van der Waals surface area contributed by atoms with E-state index in [1.54, 1.807) is 19.2 Å². The van der Waals surface area contributed by atoms with Crippen LogP contribution in [0.15, 0.2) is 48.5 Å². The predicted molar refractivity (Wildman–Crippen MR) is 117 cm³/mol. The number of para-hydroxylation sites is 2. The second-order valence-electron chi connectivity index (χ2n) is 6.56. The van der Waals surface area contributed by atoms with Gasteiger partial charge < -0.3 is 4.74 Å². The van der Waals surface area contributed by atoms with Crippen molar-refractivity contribution in [2.24, 2.45) is 0 Å². The highest BCUT2D eigenvalue weighted by Gasteiger charge is 2.27. The van der Waals surface area contributed by atoms with E-state index in [9.17, 15) is 13.2 Å². The summed E-state index contributed by atoms with van der Waals surface area (Å²) in [5, 5.41) is 0.520. The van der Waals surface area contributed by atoms with Crippen LogP contribution < -0.4 is 9.21 Å². The number of sulfonamides is 1.